The van der Waals surface area contributed by atoms with E-state index in [1.54, 1.807) is 29.5 Å². The summed E-state index contributed by atoms with van der Waals surface area (Å²) in [7, 11) is 0. The van der Waals surface area contributed by atoms with Crippen LogP contribution in [0.5, 0.6) is 0 Å². The number of halogens is 3. The maximum atomic E-state index is 6.29. The number of imidazole rings is 1. The molecule has 0 saturated carbocycles. The normalized spacial score (nSPS) is 12.1. The fraction of sp³-hybridized carbons (Fsp3) is 0.118. The Balaban J connectivity index is 1.91. The van der Waals surface area contributed by atoms with Crippen molar-refractivity contribution in [2.24, 2.45) is 0 Å². The number of nitrogens with zero attached hydrogens (tertiary/aromatic N) is 2. The van der Waals surface area contributed by atoms with Crippen molar-refractivity contribution in [3.8, 4) is 0 Å². The standard InChI is InChI=1S/C17H13Cl3N2O/c18-14-3-1-2-13(8-14)17(23-22-7-6-21-11-22)9-12-4-5-15(19)10-16(12)20/h1-8,10-11,17H,9H2. The molecule has 3 rings (SSSR count). The zero-order valence-corrected chi connectivity index (χ0v) is 14.3. The second-order valence-corrected chi connectivity index (χ2v) is 6.29. The Morgan fingerprint density at radius 3 is 2.57 bits per heavy atom. The van der Waals surface area contributed by atoms with Crippen molar-refractivity contribution in [2.75, 3.05) is 0 Å². The van der Waals surface area contributed by atoms with Gasteiger partial charge in [0.25, 0.3) is 0 Å². The van der Waals surface area contributed by atoms with E-state index in [0.717, 1.165) is 11.1 Å². The summed E-state index contributed by atoms with van der Waals surface area (Å²) in [4.78, 5) is 9.98. The Morgan fingerprint density at radius 1 is 1.04 bits per heavy atom. The van der Waals surface area contributed by atoms with Crippen LogP contribution in [0.2, 0.25) is 15.1 Å². The fourth-order valence-electron chi connectivity index (χ4n) is 2.27. The van der Waals surface area contributed by atoms with Gasteiger partial charge in [-0.2, -0.15) is 4.73 Å². The second-order valence-electron chi connectivity index (χ2n) is 5.01. The molecule has 0 bridgehead atoms. The van der Waals surface area contributed by atoms with Gasteiger partial charge in [-0.1, -0.05) is 53.0 Å². The molecule has 3 aromatic rings. The maximum Gasteiger partial charge on any atom is 0.154 e. The van der Waals surface area contributed by atoms with Crippen LogP contribution in [0.3, 0.4) is 0 Å². The van der Waals surface area contributed by atoms with E-state index in [2.05, 4.69) is 4.98 Å². The monoisotopic (exact) mass is 366 g/mol. The smallest absolute Gasteiger partial charge is 0.154 e. The summed E-state index contributed by atoms with van der Waals surface area (Å²) in [6.07, 6.45) is 5.31. The lowest BCUT2D eigenvalue weighted by atomic mass is 10.0. The Labute approximate surface area is 149 Å². The first-order chi connectivity index (χ1) is 11.1. The first kappa shape index (κ1) is 16.2. The highest BCUT2D eigenvalue weighted by Gasteiger charge is 2.17. The molecule has 0 fully saturated rings. The predicted octanol–water partition coefficient (Wildman–Crippen LogP) is 5.26. The number of hydrogen-bond donors (Lipinski definition) is 0. The molecular weight excluding hydrogens is 355 g/mol. The van der Waals surface area contributed by atoms with Gasteiger partial charge >= 0.3 is 0 Å². The molecule has 2 aromatic carbocycles. The van der Waals surface area contributed by atoms with E-state index in [1.807, 2.05) is 36.4 Å². The number of rotatable bonds is 5. The van der Waals surface area contributed by atoms with Crippen LogP contribution < -0.4 is 4.84 Å². The molecule has 1 unspecified atom stereocenters. The van der Waals surface area contributed by atoms with Gasteiger partial charge in [0.2, 0.25) is 0 Å². The van der Waals surface area contributed by atoms with Crippen molar-refractivity contribution in [1.29, 1.82) is 0 Å². The third kappa shape index (κ3) is 4.20. The minimum atomic E-state index is -0.262. The third-order valence-electron chi connectivity index (χ3n) is 3.37. The minimum absolute atomic E-state index is 0.262. The number of aromatic nitrogens is 2. The van der Waals surface area contributed by atoms with Gasteiger partial charge in [-0.05, 0) is 35.4 Å². The van der Waals surface area contributed by atoms with Crippen LogP contribution >= 0.6 is 34.8 Å². The summed E-state index contributed by atoms with van der Waals surface area (Å²) in [5, 5.41) is 1.87. The number of hydrogen-bond acceptors (Lipinski definition) is 2. The Kier molecular flexibility index (Phi) is 5.11. The van der Waals surface area contributed by atoms with Crippen LogP contribution in [0.15, 0.2) is 61.2 Å². The van der Waals surface area contributed by atoms with Crippen LogP contribution in [0.25, 0.3) is 0 Å². The van der Waals surface area contributed by atoms with Crippen LogP contribution in [-0.4, -0.2) is 9.71 Å². The summed E-state index contributed by atoms with van der Waals surface area (Å²) in [5.74, 6) is 0. The van der Waals surface area contributed by atoms with Gasteiger partial charge in [-0.25, -0.2) is 4.98 Å². The van der Waals surface area contributed by atoms with Crippen molar-refractivity contribution in [3.05, 3.63) is 87.4 Å². The average Bonchev–Trinajstić information content (AvgIpc) is 3.02. The molecule has 0 amide bonds. The van der Waals surface area contributed by atoms with Gasteiger partial charge in [0.15, 0.2) is 6.10 Å². The van der Waals surface area contributed by atoms with Gasteiger partial charge in [-0.3, -0.25) is 0 Å². The van der Waals surface area contributed by atoms with E-state index in [4.69, 9.17) is 39.6 Å². The first-order valence-electron chi connectivity index (χ1n) is 6.96. The maximum absolute atomic E-state index is 6.29. The first-order valence-corrected chi connectivity index (χ1v) is 8.10. The van der Waals surface area contributed by atoms with Crippen molar-refractivity contribution >= 4 is 34.8 Å². The van der Waals surface area contributed by atoms with Crippen LogP contribution in [0.4, 0.5) is 0 Å². The van der Waals surface area contributed by atoms with Gasteiger partial charge < -0.3 is 4.84 Å². The van der Waals surface area contributed by atoms with Crippen LogP contribution in [-0.2, 0) is 6.42 Å². The van der Waals surface area contributed by atoms with E-state index in [1.165, 1.54) is 0 Å². The molecule has 0 radical (unpaired) electrons. The minimum Gasteiger partial charge on any atom is -0.404 e. The summed E-state index contributed by atoms with van der Waals surface area (Å²) in [5.41, 5.74) is 1.90. The van der Waals surface area contributed by atoms with Gasteiger partial charge in [0.1, 0.15) is 6.33 Å². The highest BCUT2D eigenvalue weighted by atomic mass is 35.5. The van der Waals surface area contributed by atoms with E-state index in [-0.39, 0.29) is 6.10 Å². The summed E-state index contributed by atoms with van der Waals surface area (Å²) in [6, 6.07) is 13.0. The number of benzene rings is 2. The Hall–Kier alpha value is -1.68. The molecule has 3 nitrogen and oxygen atoms in total. The Morgan fingerprint density at radius 2 is 1.87 bits per heavy atom. The van der Waals surface area contributed by atoms with E-state index >= 15 is 0 Å². The molecule has 6 heteroatoms. The zero-order chi connectivity index (χ0) is 16.2. The van der Waals surface area contributed by atoms with E-state index in [9.17, 15) is 0 Å². The molecule has 23 heavy (non-hydrogen) atoms. The lowest BCUT2D eigenvalue weighted by Crippen LogP contribution is -2.19. The highest BCUT2D eigenvalue weighted by molar-refractivity contribution is 6.35. The topological polar surface area (TPSA) is 27.1 Å². The van der Waals surface area contributed by atoms with Gasteiger partial charge in [0, 0.05) is 27.7 Å². The zero-order valence-electron chi connectivity index (χ0n) is 12.0. The molecule has 0 aliphatic heterocycles. The van der Waals surface area contributed by atoms with Crippen LogP contribution in [0.1, 0.15) is 17.2 Å². The summed E-state index contributed by atoms with van der Waals surface area (Å²) < 4.78 is 1.56. The molecule has 0 spiro atoms. The fourth-order valence-corrected chi connectivity index (χ4v) is 2.95. The molecular formula is C17H13Cl3N2O. The average molecular weight is 368 g/mol. The van der Waals surface area contributed by atoms with Gasteiger partial charge in [0.05, 0.1) is 6.20 Å². The molecule has 1 atom stereocenters. The van der Waals surface area contributed by atoms with Crippen LogP contribution in [0, 0.1) is 0 Å². The molecule has 0 N–H and O–H groups in total. The summed E-state index contributed by atoms with van der Waals surface area (Å²) >= 11 is 18.4. The highest BCUT2D eigenvalue weighted by Crippen LogP contribution is 2.28. The molecule has 1 aromatic heterocycles. The lowest BCUT2D eigenvalue weighted by molar-refractivity contribution is 0.0358. The van der Waals surface area contributed by atoms with Crippen molar-refractivity contribution in [1.82, 2.24) is 9.71 Å². The largest absolute Gasteiger partial charge is 0.404 e. The molecule has 0 saturated heterocycles. The molecule has 0 aliphatic rings. The molecule has 0 aliphatic carbocycles. The second kappa shape index (κ2) is 7.26. The SMILES string of the molecule is Clc1cccc(C(Cc2ccc(Cl)cc2Cl)On2ccnc2)c1. The lowest BCUT2D eigenvalue weighted by Gasteiger charge is -2.20. The predicted molar refractivity (Wildman–Crippen MR) is 93.2 cm³/mol. The summed E-state index contributed by atoms with van der Waals surface area (Å²) in [6.45, 7) is 0. The van der Waals surface area contributed by atoms with Crippen molar-refractivity contribution in [3.63, 3.8) is 0 Å². The van der Waals surface area contributed by atoms with E-state index in [0.29, 0.717) is 21.5 Å². The third-order valence-corrected chi connectivity index (χ3v) is 4.19. The molecule has 1 heterocycles. The molecule has 118 valence electrons. The quantitative estimate of drug-likeness (QED) is 0.615. The Bertz CT molecular complexity index is 790. The van der Waals surface area contributed by atoms with E-state index < -0.39 is 0 Å². The van der Waals surface area contributed by atoms with Crippen molar-refractivity contribution < 1.29 is 4.84 Å². The van der Waals surface area contributed by atoms with Crippen molar-refractivity contribution in [2.45, 2.75) is 12.5 Å². The van der Waals surface area contributed by atoms with Gasteiger partial charge in [-0.15, -0.1) is 0 Å².